The van der Waals surface area contributed by atoms with Gasteiger partial charge in [-0.15, -0.1) is 0 Å². The molecule has 0 saturated carbocycles. The normalized spacial score (nSPS) is 23.7. The summed E-state index contributed by atoms with van der Waals surface area (Å²) in [5.41, 5.74) is 1.83. The Morgan fingerprint density at radius 1 is 1.38 bits per heavy atom. The van der Waals surface area contributed by atoms with E-state index in [1.807, 2.05) is 38.1 Å². The molecule has 1 heterocycles. The molecule has 4 atom stereocenters. The quantitative estimate of drug-likeness (QED) is 0.335. The van der Waals surface area contributed by atoms with Crippen LogP contribution in [0.25, 0.3) is 0 Å². The standard InChI is InChI=1S/C19H27N2O7P/c1-14-4-6-16(7-5-14)11-26-29(24,25)27-12-17-10-15(2)19(28-17)21(13-22)9-8-18(23)20-3/h4-9,13,15,17,19H,10-12H2,1-3H3,(H,20,23)(H,24,25)/b9-8-. The number of phosphoric acid groups is 1. The van der Waals surface area contributed by atoms with Gasteiger partial charge in [0.2, 0.25) is 12.3 Å². The molecule has 1 fully saturated rings. The van der Waals surface area contributed by atoms with Gasteiger partial charge in [0.05, 0.1) is 19.3 Å². The molecule has 2 N–H and O–H groups in total. The second-order valence-corrected chi connectivity index (χ2v) is 8.32. The number of aryl methyl sites for hydroxylation is 1. The van der Waals surface area contributed by atoms with E-state index in [4.69, 9.17) is 13.8 Å². The van der Waals surface area contributed by atoms with Crippen LogP contribution in [0.1, 0.15) is 24.5 Å². The third-order valence-corrected chi connectivity index (χ3v) is 5.38. The summed E-state index contributed by atoms with van der Waals surface area (Å²) >= 11 is 0. The summed E-state index contributed by atoms with van der Waals surface area (Å²) in [6.45, 7) is 3.61. The molecule has 160 valence electrons. The highest BCUT2D eigenvalue weighted by molar-refractivity contribution is 7.47. The maximum atomic E-state index is 12.1. The van der Waals surface area contributed by atoms with E-state index in [1.165, 1.54) is 24.2 Å². The summed E-state index contributed by atoms with van der Waals surface area (Å²) in [4.78, 5) is 33.8. The number of amides is 2. The molecule has 0 aromatic heterocycles. The zero-order valence-corrected chi connectivity index (χ0v) is 17.6. The lowest BCUT2D eigenvalue weighted by Gasteiger charge is -2.24. The minimum Gasteiger partial charge on any atom is -0.356 e. The van der Waals surface area contributed by atoms with Gasteiger partial charge in [-0.1, -0.05) is 36.8 Å². The molecule has 0 aliphatic carbocycles. The van der Waals surface area contributed by atoms with E-state index >= 15 is 0 Å². The first-order chi connectivity index (χ1) is 13.7. The molecule has 2 amide bonds. The Morgan fingerprint density at radius 2 is 2.07 bits per heavy atom. The molecule has 1 aromatic carbocycles. The maximum absolute atomic E-state index is 12.1. The van der Waals surface area contributed by atoms with Gasteiger partial charge < -0.3 is 14.9 Å². The van der Waals surface area contributed by atoms with Gasteiger partial charge in [0, 0.05) is 25.2 Å². The Labute approximate surface area is 170 Å². The number of phosphoric ester groups is 1. The number of likely N-dealkylation sites (N-methyl/N-ethyl adjacent to an activating group) is 1. The van der Waals surface area contributed by atoms with Gasteiger partial charge in [-0.25, -0.2) is 4.57 Å². The van der Waals surface area contributed by atoms with Crippen molar-refractivity contribution in [3.63, 3.8) is 0 Å². The number of hydrogen-bond donors (Lipinski definition) is 2. The van der Waals surface area contributed by atoms with Crippen molar-refractivity contribution in [2.45, 2.75) is 39.2 Å². The van der Waals surface area contributed by atoms with Crippen molar-refractivity contribution < 1.29 is 32.8 Å². The predicted molar refractivity (Wildman–Crippen MR) is 105 cm³/mol. The lowest BCUT2D eigenvalue weighted by molar-refractivity contribution is -0.129. The van der Waals surface area contributed by atoms with E-state index in [1.54, 1.807) is 0 Å². The van der Waals surface area contributed by atoms with E-state index < -0.39 is 20.2 Å². The summed E-state index contributed by atoms with van der Waals surface area (Å²) in [6.07, 6.45) is 2.53. The molecule has 1 aromatic rings. The number of carbonyl (C=O) groups is 2. The van der Waals surface area contributed by atoms with Crippen LogP contribution >= 0.6 is 7.82 Å². The van der Waals surface area contributed by atoms with Crippen molar-refractivity contribution in [1.82, 2.24) is 10.2 Å². The molecule has 10 heteroatoms. The molecule has 1 aliphatic rings. The van der Waals surface area contributed by atoms with E-state index in [9.17, 15) is 19.0 Å². The van der Waals surface area contributed by atoms with Crippen molar-refractivity contribution in [3.05, 3.63) is 47.7 Å². The van der Waals surface area contributed by atoms with Crippen LogP contribution in [0.5, 0.6) is 0 Å². The second-order valence-electron chi connectivity index (χ2n) is 6.87. The van der Waals surface area contributed by atoms with E-state index in [0.717, 1.165) is 11.1 Å². The van der Waals surface area contributed by atoms with E-state index in [2.05, 4.69) is 5.32 Å². The first-order valence-corrected chi connectivity index (χ1v) is 10.7. The monoisotopic (exact) mass is 426 g/mol. The van der Waals surface area contributed by atoms with Crippen molar-refractivity contribution in [2.75, 3.05) is 13.7 Å². The zero-order valence-electron chi connectivity index (χ0n) is 16.7. The lowest BCUT2D eigenvalue weighted by atomic mass is 10.1. The third-order valence-electron chi connectivity index (χ3n) is 4.45. The van der Waals surface area contributed by atoms with Crippen LogP contribution < -0.4 is 5.32 Å². The molecule has 0 radical (unpaired) electrons. The van der Waals surface area contributed by atoms with Gasteiger partial charge in [-0.05, 0) is 18.9 Å². The summed E-state index contributed by atoms with van der Waals surface area (Å²) in [7, 11) is -2.77. The Morgan fingerprint density at radius 3 is 2.69 bits per heavy atom. The van der Waals surface area contributed by atoms with Crippen molar-refractivity contribution >= 4 is 20.1 Å². The van der Waals surface area contributed by atoms with Gasteiger partial charge in [0.1, 0.15) is 6.23 Å². The molecule has 1 aliphatic heterocycles. The first kappa shape index (κ1) is 23.3. The minimum atomic E-state index is -4.25. The van der Waals surface area contributed by atoms with Gasteiger partial charge in [0.15, 0.2) is 0 Å². The fourth-order valence-electron chi connectivity index (χ4n) is 2.86. The van der Waals surface area contributed by atoms with Gasteiger partial charge >= 0.3 is 7.82 Å². The molecule has 29 heavy (non-hydrogen) atoms. The van der Waals surface area contributed by atoms with Crippen LogP contribution in [0, 0.1) is 12.8 Å². The van der Waals surface area contributed by atoms with Crippen LogP contribution in [-0.2, 0) is 34.5 Å². The Bertz CT molecular complexity index is 768. The van der Waals surface area contributed by atoms with Crippen molar-refractivity contribution in [2.24, 2.45) is 5.92 Å². The van der Waals surface area contributed by atoms with Gasteiger partial charge in [-0.2, -0.15) is 0 Å². The van der Waals surface area contributed by atoms with Gasteiger partial charge in [-0.3, -0.25) is 23.5 Å². The topological polar surface area (TPSA) is 114 Å². The number of rotatable bonds is 10. The van der Waals surface area contributed by atoms with Crippen LogP contribution in [-0.4, -0.2) is 48.1 Å². The maximum Gasteiger partial charge on any atom is 0.472 e. The Balaban J connectivity index is 1.84. The summed E-state index contributed by atoms with van der Waals surface area (Å²) in [5.74, 6) is -0.413. The molecule has 0 spiro atoms. The second kappa shape index (κ2) is 10.7. The Kier molecular flexibility index (Phi) is 8.55. The molecular formula is C19H27N2O7P. The molecule has 2 rings (SSSR count). The predicted octanol–water partition coefficient (Wildman–Crippen LogP) is 2.10. The smallest absolute Gasteiger partial charge is 0.356 e. The highest BCUT2D eigenvalue weighted by Gasteiger charge is 2.37. The molecule has 0 bridgehead atoms. The molecule has 9 nitrogen and oxygen atoms in total. The molecule has 4 unspecified atom stereocenters. The third kappa shape index (κ3) is 7.38. The number of ether oxygens (including phenoxy) is 1. The minimum absolute atomic E-state index is 0.0538. The number of nitrogens with zero attached hydrogens (tertiary/aromatic N) is 1. The number of nitrogens with one attached hydrogen (secondary N) is 1. The summed E-state index contributed by atoms with van der Waals surface area (Å²) in [6, 6.07) is 7.38. The van der Waals surface area contributed by atoms with Gasteiger partial charge in [0.25, 0.3) is 0 Å². The number of carbonyl (C=O) groups excluding carboxylic acids is 2. The van der Waals surface area contributed by atoms with Crippen LogP contribution in [0.4, 0.5) is 0 Å². The fourth-order valence-corrected chi connectivity index (χ4v) is 3.60. The van der Waals surface area contributed by atoms with E-state index in [0.29, 0.717) is 12.8 Å². The first-order valence-electron chi connectivity index (χ1n) is 9.19. The number of benzene rings is 1. The highest BCUT2D eigenvalue weighted by Crippen LogP contribution is 2.45. The lowest BCUT2D eigenvalue weighted by Crippen LogP contribution is -2.34. The highest BCUT2D eigenvalue weighted by atomic mass is 31.2. The molecule has 1 saturated heterocycles. The average Bonchev–Trinajstić information content (AvgIpc) is 3.07. The fraction of sp³-hybridized carbons (Fsp3) is 0.474. The van der Waals surface area contributed by atoms with Crippen molar-refractivity contribution in [3.8, 4) is 0 Å². The average molecular weight is 426 g/mol. The molecular weight excluding hydrogens is 399 g/mol. The summed E-state index contributed by atoms with van der Waals surface area (Å²) in [5, 5.41) is 2.42. The largest absolute Gasteiger partial charge is 0.472 e. The van der Waals surface area contributed by atoms with Crippen LogP contribution in [0.15, 0.2) is 36.5 Å². The van der Waals surface area contributed by atoms with Crippen molar-refractivity contribution in [1.29, 1.82) is 0 Å². The van der Waals surface area contributed by atoms with Crippen LogP contribution in [0.3, 0.4) is 0 Å². The zero-order chi connectivity index (χ0) is 21.4. The van der Waals surface area contributed by atoms with Crippen LogP contribution in [0.2, 0.25) is 0 Å². The number of hydrogen-bond acceptors (Lipinski definition) is 6. The Hall–Kier alpha value is -2.03. The van der Waals surface area contributed by atoms with E-state index in [-0.39, 0.29) is 25.0 Å². The summed E-state index contributed by atoms with van der Waals surface area (Å²) < 4.78 is 28.0. The SMILES string of the molecule is CNC(=O)/C=C\N(C=O)C1OC(COP(=O)(O)OCc2ccc(C)cc2)CC1C.